The number of nitrogens with one attached hydrogen (secondary N) is 3. The molecule has 1 aliphatic heterocycles. The van der Waals surface area contributed by atoms with Crippen LogP contribution < -0.4 is 15.4 Å². The van der Waals surface area contributed by atoms with Crippen molar-refractivity contribution in [2.75, 3.05) is 13.7 Å². The minimum Gasteiger partial charge on any atom is -0.496 e. The molecular formula is C26H36N4O4. The summed E-state index contributed by atoms with van der Waals surface area (Å²) < 4.78 is 5.41. The third-order valence-electron chi connectivity index (χ3n) is 6.20. The molecule has 1 aromatic heterocycles. The number of benzene rings is 1. The molecule has 0 radical (unpaired) electrons. The Labute approximate surface area is 201 Å². The Morgan fingerprint density at radius 2 is 2.06 bits per heavy atom. The van der Waals surface area contributed by atoms with Gasteiger partial charge in [-0.05, 0) is 49.8 Å². The van der Waals surface area contributed by atoms with Gasteiger partial charge in [-0.2, -0.15) is 5.26 Å². The number of H-pyrrole nitrogens is 1. The highest BCUT2D eigenvalue weighted by Gasteiger charge is 2.30. The monoisotopic (exact) mass is 468 g/mol. The van der Waals surface area contributed by atoms with Gasteiger partial charge in [0.05, 0.1) is 24.4 Å². The lowest BCUT2D eigenvalue weighted by Crippen LogP contribution is -2.41. The lowest BCUT2D eigenvalue weighted by atomic mass is 9.90. The first-order chi connectivity index (χ1) is 15.7. The van der Waals surface area contributed by atoms with E-state index in [1.54, 1.807) is 13.2 Å². The van der Waals surface area contributed by atoms with E-state index in [1.165, 1.54) is 0 Å². The van der Waals surface area contributed by atoms with Crippen LogP contribution in [0.2, 0.25) is 0 Å². The summed E-state index contributed by atoms with van der Waals surface area (Å²) in [6.07, 6.45) is 1.48. The van der Waals surface area contributed by atoms with Gasteiger partial charge in [-0.25, -0.2) is 0 Å². The number of ketones is 1. The van der Waals surface area contributed by atoms with Gasteiger partial charge in [-0.1, -0.05) is 27.3 Å². The van der Waals surface area contributed by atoms with Crippen LogP contribution in [0.1, 0.15) is 63.0 Å². The first-order valence-electron chi connectivity index (χ1n) is 11.4. The van der Waals surface area contributed by atoms with E-state index >= 15 is 0 Å². The first-order valence-corrected chi connectivity index (χ1v) is 11.4. The number of fused-ring (bicyclic) bond motifs is 1. The summed E-state index contributed by atoms with van der Waals surface area (Å²) in [5, 5.41) is 15.9. The third kappa shape index (κ3) is 6.16. The van der Waals surface area contributed by atoms with Crippen LogP contribution in [0.3, 0.4) is 0 Å². The van der Waals surface area contributed by atoms with Crippen LogP contribution in [0.4, 0.5) is 0 Å². The van der Waals surface area contributed by atoms with Crippen LogP contribution in [-0.4, -0.2) is 42.3 Å². The molecule has 3 rings (SSSR count). The van der Waals surface area contributed by atoms with E-state index in [1.807, 2.05) is 32.9 Å². The molecule has 3 N–H and O–H groups in total. The summed E-state index contributed by atoms with van der Waals surface area (Å²) in [6, 6.07) is 6.88. The van der Waals surface area contributed by atoms with Crippen molar-refractivity contribution in [1.29, 1.82) is 5.26 Å². The highest BCUT2D eigenvalue weighted by atomic mass is 16.5. The van der Waals surface area contributed by atoms with Crippen LogP contribution in [0, 0.1) is 36.0 Å². The number of carbonyl (C=O) groups is 3. The largest absolute Gasteiger partial charge is 0.496 e. The molecule has 8 heteroatoms. The van der Waals surface area contributed by atoms with Gasteiger partial charge < -0.3 is 20.4 Å². The Morgan fingerprint density at radius 1 is 1.32 bits per heavy atom. The molecule has 1 saturated heterocycles. The average Bonchev–Trinajstić information content (AvgIpc) is 3.40. The van der Waals surface area contributed by atoms with E-state index < -0.39 is 12.0 Å². The van der Waals surface area contributed by atoms with Crippen molar-refractivity contribution in [1.82, 2.24) is 15.6 Å². The van der Waals surface area contributed by atoms with Gasteiger partial charge in [0.25, 0.3) is 0 Å². The quantitative estimate of drug-likeness (QED) is 0.456. The first kappa shape index (κ1) is 26.9. The van der Waals surface area contributed by atoms with E-state index in [0.717, 1.165) is 16.5 Å². The van der Waals surface area contributed by atoms with Crippen molar-refractivity contribution in [3.8, 4) is 11.8 Å². The van der Waals surface area contributed by atoms with Crippen LogP contribution >= 0.6 is 0 Å². The van der Waals surface area contributed by atoms with E-state index in [9.17, 15) is 19.6 Å². The third-order valence-corrected chi connectivity index (χ3v) is 6.20. The number of ether oxygens (including phenoxy) is 1. The van der Waals surface area contributed by atoms with Crippen LogP contribution in [-0.2, 0) is 9.59 Å². The number of aromatic amines is 1. The van der Waals surface area contributed by atoms with E-state index in [0.29, 0.717) is 30.8 Å². The number of aryl methyl sites for hydroxylation is 1. The molecule has 8 nitrogen and oxygen atoms in total. The molecule has 1 fully saturated rings. The number of nitrogens with zero attached hydrogens (tertiary/aromatic N) is 1. The molecule has 2 aromatic rings. The SMILES string of the molecule is C.COc1ccc(C)c2[nH]c(C(=O)C[C@@H](CC(C)C)C(=O)N[C@H](C#N)C[C@@H]3CCNC3=O)cc12. The van der Waals surface area contributed by atoms with E-state index in [4.69, 9.17) is 4.74 Å². The van der Waals surface area contributed by atoms with Gasteiger partial charge in [0.15, 0.2) is 5.78 Å². The Kier molecular flexibility index (Phi) is 9.25. The Hall–Kier alpha value is -3.34. The standard InChI is InChI=1S/C25H32N4O4.CH4/c1-14(2)9-17(25(32)28-18(13-26)10-16-7-8-27-24(16)31)11-21(30)20-12-19-22(33-4)6-5-15(3)23(19)29-20;/h5-6,12,14,16-18,29H,7-11H2,1-4H3,(H,27,31)(H,28,32);1H4/t16-,17+,18-;/m0./s1. The van der Waals surface area contributed by atoms with Crippen molar-refractivity contribution < 1.29 is 19.1 Å². The smallest absolute Gasteiger partial charge is 0.224 e. The highest BCUT2D eigenvalue weighted by molar-refractivity contribution is 6.03. The zero-order valence-corrected chi connectivity index (χ0v) is 19.7. The Bertz CT molecular complexity index is 1080. The molecule has 0 saturated carbocycles. The van der Waals surface area contributed by atoms with E-state index in [2.05, 4.69) is 21.7 Å². The number of methoxy groups -OCH3 is 1. The van der Waals surface area contributed by atoms with Crippen LogP contribution in [0.5, 0.6) is 5.75 Å². The second-order valence-corrected chi connectivity index (χ2v) is 9.21. The summed E-state index contributed by atoms with van der Waals surface area (Å²) >= 11 is 0. The maximum Gasteiger partial charge on any atom is 0.224 e. The van der Waals surface area contributed by atoms with Crippen molar-refractivity contribution in [2.45, 2.75) is 59.9 Å². The van der Waals surface area contributed by atoms with Crippen LogP contribution in [0.25, 0.3) is 10.9 Å². The van der Waals surface area contributed by atoms with Crippen molar-refractivity contribution in [3.63, 3.8) is 0 Å². The molecule has 0 unspecified atom stereocenters. The normalized spacial score (nSPS) is 16.9. The molecule has 2 amide bonds. The maximum atomic E-state index is 13.1. The zero-order valence-electron chi connectivity index (χ0n) is 19.7. The second-order valence-electron chi connectivity index (χ2n) is 9.21. The molecule has 0 spiro atoms. The number of rotatable bonds is 10. The molecule has 184 valence electrons. The lowest BCUT2D eigenvalue weighted by Gasteiger charge is -2.21. The topological polar surface area (TPSA) is 124 Å². The van der Waals surface area contributed by atoms with Gasteiger partial charge in [0, 0.05) is 30.2 Å². The predicted molar refractivity (Wildman–Crippen MR) is 131 cm³/mol. The molecule has 1 aromatic carbocycles. The highest BCUT2D eigenvalue weighted by Crippen LogP contribution is 2.30. The van der Waals surface area contributed by atoms with Gasteiger partial charge in [0.2, 0.25) is 11.8 Å². The van der Waals surface area contributed by atoms with Crippen molar-refractivity contribution in [2.24, 2.45) is 17.8 Å². The second kappa shape index (κ2) is 11.7. The molecular weight excluding hydrogens is 432 g/mol. The number of aromatic nitrogens is 1. The average molecular weight is 469 g/mol. The molecule has 2 heterocycles. The number of hydrogen-bond acceptors (Lipinski definition) is 5. The predicted octanol–water partition coefficient (Wildman–Crippen LogP) is 3.89. The van der Waals surface area contributed by atoms with Crippen LogP contribution in [0.15, 0.2) is 18.2 Å². The molecule has 0 aliphatic carbocycles. The zero-order chi connectivity index (χ0) is 24.1. The summed E-state index contributed by atoms with van der Waals surface area (Å²) in [6.45, 7) is 6.53. The number of nitriles is 1. The maximum absolute atomic E-state index is 13.1. The fourth-order valence-corrected chi connectivity index (χ4v) is 4.44. The lowest BCUT2D eigenvalue weighted by molar-refractivity contribution is -0.127. The molecule has 0 bridgehead atoms. The van der Waals surface area contributed by atoms with Gasteiger partial charge in [-0.15, -0.1) is 0 Å². The van der Waals surface area contributed by atoms with Crippen molar-refractivity contribution >= 4 is 28.5 Å². The van der Waals surface area contributed by atoms with Gasteiger partial charge in [-0.3, -0.25) is 14.4 Å². The number of amides is 2. The Morgan fingerprint density at radius 3 is 2.65 bits per heavy atom. The van der Waals surface area contributed by atoms with Gasteiger partial charge >= 0.3 is 0 Å². The number of hydrogen-bond donors (Lipinski definition) is 3. The minimum atomic E-state index is -0.767. The summed E-state index contributed by atoms with van der Waals surface area (Å²) in [7, 11) is 1.59. The van der Waals surface area contributed by atoms with Crippen molar-refractivity contribution in [3.05, 3.63) is 29.5 Å². The molecule has 3 atom stereocenters. The Balaban J connectivity index is 0.00000408. The molecule has 1 aliphatic rings. The summed E-state index contributed by atoms with van der Waals surface area (Å²) in [5.41, 5.74) is 2.26. The number of carbonyl (C=O) groups excluding carboxylic acids is 3. The van der Waals surface area contributed by atoms with Gasteiger partial charge in [0.1, 0.15) is 11.8 Å². The minimum absolute atomic E-state index is 0. The summed E-state index contributed by atoms with van der Waals surface area (Å²) in [4.78, 5) is 41.2. The fraction of sp³-hybridized carbons (Fsp3) is 0.538. The van der Waals surface area contributed by atoms with E-state index in [-0.39, 0.29) is 49.7 Å². The summed E-state index contributed by atoms with van der Waals surface area (Å²) in [5.74, 6) is -0.549. The molecule has 34 heavy (non-hydrogen) atoms. The fourth-order valence-electron chi connectivity index (χ4n) is 4.44. The number of Topliss-reactive ketones (excluding diaryl/α,β-unsaturated/α-hetero) is 1.